The summed E-state index contributed by atoms with van der Waals surface area (Å²) in [5.41, 5.74) is 3.24. The van der Waals surface area contributed by atoms with Crippen LogP contribution in [0.15, 0.2) is 34.9 Å². The molecule has 0 saturated carbocycles. The molecule has 1 aromatic carbocycles. The summed E-state index contributed by atoms with van der Waals surface area (Å²) in [6.07, 6.45) is 0. The van der Waals surface area contributed by atoms with Crippen LogP contribution in [0.5, 0.6) is 0 Å². The maximum Gasteiger partial charge on any atom is 0.228 e. The molecule has 0 fully saturated rings. The van der Waals surface area contributed by atoms with E-state index >= 15 is 0 Å². The van der Waals surface area contributed by atoms with Gasteiger partial charge in [-0.25, -0.2) is 0 Å². The largest absolute Gasteiger partial charge is 0.350 e. The van der Waals surface area contributed by atoms with Gasteiger partial charge in [0.25, 0.3) is 0 Å². The first kappa shape index (κ1) is 21.5. The molecule has 0 aliphatic heterocycles. The number of aromatic nitrogens is 1. The Kier molecular flexibility index (Phi) is 15.0. The van der Waals surface area contributed by atoms with Gasteiger partial charge in [-0.2, -0.15) is 0 Å². The van der Waals surface area contributed by atoms with Gasteiger partial charge in [0.05, 0.1) is 5.69 Å². The van der Waals surface area contributed by atoms with Crippen molar-refractivity contribution in [2.45, 2.75) is 61.9 Å². The molecule has 0 aliphatic rings. The van der Waals surface area contributed by atoms with Crippen LogP contribution in [0.4, 0.5) is 5.88 Å². The van der Waals surface area contributed by atoms with Crippen LogP contribution in [0.2, 0.25) is 0 Å². The highest BCUT2D eigenvalue weighted by atomic mass is 16.5. The Morgan fingerprint density at radius 1 is 0.905 bits per heavy atom. The van der Waals surface area contributed by atoms with Crippen LogP contribution in [-0.2, 0) is 6.54 Å². The van der Waals surface area contributed by atoms with Crippen molar-refractivity contribution in [1.82, 2.24) is 5.16 Å². The third-order valence-corrected chi connectivity index (χ3v) is 2.45. The van der Waals surface area contributed by atoms with Crippen LogP contribution >= 0.6 is 0 Å². The number of nitrogens with zero attached hydrogens (tertiary/aromatic N) is 1. The Balaban J connectivity index is 0. The molecule has 120 valence electrons. The summed E-state index contributed by atoms with van der Waals surface area (Å²) in [5, 5.41) is 7.11. The van der Waals surface area contributed by atoms with Crippen LogP contribution in [0.1, 0.15) is 58.4 Å². The van der Waals surface area contributed by atoms with Gasteiger partial charge in [-0.05, 0) is 19.4 Å². The number of benzene rings is 1. The highest BCUT2D eigenvalue weighted by molar-refractivity contribution is 5.42. The second-order valence-corrected chi connectivity index (χ2v) is 3.56. The van der Waals surface area contributed by atoms with Gasteiger partial charge in [0.1, 0.15) is 0 Å². The molecular weight excluding hydrogens is 260 g/mol. The molecule has 0 radical (unpaired) electrons. The maximum absolute atomic E-state index is 5.16. The fraction of sp³-hybridized carbons (Fsp3) is 0.500. The SMILES string of the molecule is CC.CC.CC.Cc1noc(NCc2ccccc2)c1C. The fourth-order valence-electron chi connectivity index (χ4n) is 1.36. The Hall–Kier alpha value is -1.77. The van der Waals surface area contributed by atoms with Gasteiger partial charge in [-0.15, -0.1) is 0 Å². The second kappa shape index (κ2) is 14.6. The first-order valence-electron chi connectivity index (χ1n) is 7.98. The van der Waals surface area contributed by atoms with Crippen LogP contribution in [0.3, 0.4) is 0 Å². The minimum atomic E-state index is 0.760. The van der Waals surface area contributed by atoms with Crippen molar-refractivity contribution < 1.29 is 4.52 Å². The number of rotatable bonds is 3. The lowest BCUT2D eigenvalue weighted by Gasteiger charge is -2.02. The summed E-state index contributed by atoms with van der Waals surface area (Å²) in [6, 6.07) is 10.2. The normalized spacial score (nSPS) is 8.19. The molecule has 2 aromatic rings. The van der Waals surface area contributed by atoms with E-state index in [4.69, 9.17) is 4.52 Å². The van der Waals surface area contributed by atoms with E-state index in [1.54, 1.807) is 0 Å². The van der Waals surface area contributed by atoms with Crippen LogP contribution < -0.4 is 5.32 Å². The smallest absolute Gasteiger partial charge is 0.228 e. The van der Waals surface area contributed by atoms with E-state index in [0.717, 1.165) is 23.7 Å². The third kappa shape index (κ3) is 8.18. The molecule has 0 atom stereocenters. The standard InChI is InChI=1S/C12H14N2O.3C2H6/c1-9-10(2)14-15-12(9)13-8-11-6-4-3-5-7-11;3*1-2/h3-7,13H,8H2,1-2H3;3*1-2H3. The zero-order chi connectivity index (χ0) is 16.7. The van der Waals surface area contributed by atoms with Crippen molar-refractivity contribution >= 4 is 5.88 Å². The minimum absolute atomic E-state index is 0.760. The number of hydrogen-bond acceptors (Lipinski definition) is 3. The third-order valence-electron chi connectivity index (χ3n) is 2.45. The second-order valence-electron chi connectivity index (χ2n) is 3.56. The van der Waals surface area contributed by atoms with Crippen molar-refractivity contribution in [3.05, 3.63) is 47.2 Å². The molecule has 0 amide bonds. The molecular formula is C18H32N2O. The lowest BCUT2D eigenvalue weighted by atomic mass is 10.2. The molecule has 2 rings (SSSR count). The molecule has 1 heterocycles. The van der Waals surface area contributed by atoms with Gasteiger partial charge < -0.3 is 9.84 Å². The number of anilines is 1. The molecule has 21 heavy (non-hydrogen) atoms. The van der Waals surface area contributed by atoms with Crippen molar-refractivity contribution in [2.24, 2.45) is 0 Å². The first-order chi connectivity index (χ1) is 10.3. The number of nitrogens with one attached hydrogen (secondary N) is 1. The predicted octanol–water partition coefficient (Wildman–Crippen LogP) is 5.98. The highest BCUT2D eigenvalue weighted by Crippen LogP contribution is 2.17. The minimum Gasteiger partial charge on any atom is -0.350 e. The maximum atomic E-state index is 5.16. The highest BCUT2D eigenvalue weighted by Gasteiger charge is 2.06. The van der Waals surface area contributed by atoms with E-state index in [1.807, 2.05) is 73.6 Å². The van der Waals surface area contributed by atoms with Crippen molar-refractivity contribution in [2.75, 3.05) is 5.32 Å². The van der Waals surface area contributed by atoms with Gasteiger partial charge in [-0.3, -0.25) is 0 Å². The lowest BCUT2D eigenvalue weighted by molar-refractivity contribution is 0.426. The van der Waals surface area contributed by atoms with E-state index in [0.29, 0.717) is 0 Å². The topological polar surface area (TPSA) is 38.1 Å². The number of aryl methyl sites for hydroxylation is 1. The Bertz CT molecular complexity index is 436. The lowest BCUT2D eigenvalue weighted by Crippen LogP contribution is -1.99. The molecule has 0 spiro atoms. The van der Waals surface area contributed by atoms with Gasteiger partial charge >= 0.3 is 0 Å². The van der Waals surface area contributed by atoms with Gasteiger partial charge in [0.2, 0.25) is 5.88 Å². The summed E-state index contributed by atoms with van der Waals surface area (Å²) in [6.45, 7) is 16.7. The molecule has 3 heteroatoms. The van der Waals surface area contributed by atoms with E-state index in [-0.39, 0.29) is 0 Å². The molecule has 0 bridgehead atoms. The summed E-state index contributed by atoms with van der Waals surface area (Å²) in [5.74, 6) is 0.761. The zero-order valence-corrected chi connectivity index (χ0v) is 14.9. The molecule has 0 saturated heterocycles. The van der Waals surface area contributed by atoms with Crippen LogP contribution in [0, 0.1) is 13.8 Å². The Morgan fingerprint density at radius 2 is 1.43 bits per heavy atom. The van der Waals surface area contributed by atoms with Crippen LogP contribution in [-0.4, -0.2) is 5.16 Å². The van der Waals surface area contributed by atoms with Crippen molar-refractivity contribution in [3.63, 3.8) is 0 Å². The van der Waals surface area contributed by atoms with E-state index in [2.05, 4.69) is 22.6 Å². The van der Waals surface area contributed by atoms with Gasteiger partial charge in [0.15, 0.2) is 0 Å². The van der Waals surface area contributed by atoms with Gasteiger partial charge in [-0.1, -0.05) is 77.0 Å². The molecule has 1 N–H and O–H groups in total. The number of hydrogen-bond donors (Lipinski definition) is 1. The summed E-state index contributed by atoms with van der Waals surface area (Å²) in [4.78, 5) is 0. The Morgan fingerprint density at radius 3 is 1.86 bits per heavy atom. The van der Waals surface area contributed by atoms with Gasteiger partial charge in [0, 0.05) is 12.1 Å². The molecule has 0 unspecified atom stereocenters. The quantitative estimate of drug-likeness (QED) is 0.756. The summed E-state index contributed by atoms with van der Waals surface area (Å²) >= 11 is 0. The zero-order valence-electron chi connectivity index (χ0n) is 14.9. The van der Waals surface area contributed by atoms with Crippen molar-refractivity contribution in [3.8, 4) is 0 Å². The Labute approximate surface area is 130 Å². The molecule has 3 nitrogen and oxygen atoms in total. The van der Waals surface area contributed by atoms with Crippen molar-refractivity contribution in [1.29, 1.82) is 0 Å². The summed E-state index contributed by atoms with van der Waals surface area (Å²) in [7, 11) is 0. The average Bonchev–Trinajstić information content (AvgIpc) is 2.91. The molecule has 0 aliphatic carbocycles. The fourth-order valence-corrected chi connectivity index (χ4v) is 1.36. The predicted molar refractivity (Wildman–Crippen MR) is 93.8 cm³/mol. The monoisotopic (exact) mass is 292 g/mol. The first-order valence-corrected chi connectivity index (χ1v) is 7.98. The van der Waals surface area contributed by atoms with Crippen LogP contribution in [0.25, 0.3) is 0 Å². The van der Waals surface area contributed by atoms with E-state index in [1.165, 1.54) is 5.56 Å². The summed E-state index contributed by atoms with van der Waals surface area (Å²) < 4.78 is 5.16. The van der Waals surface area contributed by atoms with E-state index < -0.39 is 0 Å². The van der Waals surface area contributed by atoms with E-state index in [9.17, 15) is 0 Å². The molecule has 1 aromatic heterocycles. The average molecular weight is 292 g/mol.